The number of thiophene rings is 1. The molecule has 0 aliphatic heterocycles. The summed E-state index contributed by atoms with van der Waals surface area (Å²) in [4.78, 5) is 40.1. The molecule has 0 bridgehead atoms. The van der Waals surface area contributed by atoms with E-state index < -0.39 is 27.8 Å². The highest BCUT2D eigenvalue weighted by Crippen LogP contribution is 2.40. The Kier molecular flexibility index (Phi) is 9.65. The number of nitrogens with zero attached hydrogens (tertiary/aromatic N) is 3. The molecule has 0 spiro atoms. The standard InChI is InChI=1S/C34H35ClN4O6S2/c1-2-39(26-14-10-21(11-15-26)34(42)43)47(44,45)27-7-5-6-22(18-27)32(41)37-33-30(28-8-3-4-9-29(28)46-33)31(40)23-19-36-38(20-23)25-16-12-24(35)13-17-25/h5-7,12-13,16-21,26H,2-4,8-11,14-15H2,1H3,(H,37,41)(H,42,43). The van der Waals surface area contributed by atoms with E-state index in [9.17, 15) is 27.9 Å². The van der Waals surface area contributed by atoms with Gasteiger partial charge < -0.3 is 10.4 Å². The Morgan fingerprint density at radius 2 is 1.77 bits per heavy atom. The lowest BCUT2D eigenvalue weighted by atomic mass is 9.86. The van der Waals surface area contributed by atoms with Gasteiger partial charge in [0.25, 0.3) is 5.91 Å². The van der Waals surface area contributed by atoms with E-state index in [0.717, 1.165) is 41.8 Å². The minimum absolute atomic E-state index is 0.0104. The topological polar surface area (TPSA) is 139 Å². The van der Waals surface area contributed by atoms with Gasteiger partial charge in [0.2, 0.25) is 10.0 Å². The van der Waals surface area contributed by atoms with E-state index in [4.69, 9.17) is 11.6 Å². The number of aryl methyl sites for hydroxylation is 1. The fraction of sp³-hybridized carbons (Fsp3) is 0.353. The van der Waals surface area contributed by atoms with Crippen molar-refractivity contribution in [1.82, 2.24) is 14.1 Å². The fourth-order valence-electron chi connectivity index (χ4n) is 6.56. The predicted molar refractivity (Wildman–Crippen MR) is 180 cm³/mol. The summed E-state index contributed by atoms with van der Waals surface area (Å²) in [5, 5.41) is 17.7. The summed E-state index contributed by atoms with van der Waals surface area (Å²) in [6.45, 7) is 1.98. The van der Waals surface area contributed by atoms with Crippen LogP contribution in [0.25, 0.3) is 5.69 Å². The lowest BCUT2D eigenvalue weighted by Crippen LogP contribution is -2.42. The van der Waals surface area contributed by atoms with Crippen molar-refractivity contribution in [2.24, 2.45) is 5.92 Å². The number of aromatic nitrogens is 2. The van der Waals surface area contributed by atoms with Crippen LogP contribution in [0.1, 0.15) is 82.2 Å². The summed E-state index contributed by atoms with van der Waals surface area (Å²) >= 11 is 7.41. The lowest BCUT2D eigenvalue weighted by Gasteiger charge is -2.34. The van der Waals surface area contributed by atoms with E-state index >= 15 is 0 Å². The molecule has 2 aliphatic carbocycles. The number of halogens is 1. The summed E-state index contributed by atoms with van der Waals surface area (Å²) in [6, 6.07) is 12.7. The zero-order chi connectivity index (χ0) is 33.3. The van der Waals surface area contributed by atoms with Gasteiger partial charge in [-0.05, 0) is 99.4 Å². The molecule has 1 fully saturated rings. The molecule has 246 valence electrons. The third-order valence-electron chi connectivity index (χ3n) is 9.03. The van der Waals surface area contributed by atoms with E-state index in [-0.39, 0.29) is 28.8 Å². The van der Waals surface area contributed by atoms with Gasteiger partial charge in [0, 0.05) is 34.2 Å². The van der Waals surface area contributed by atoms with Crippen molar-refractivity contribution in [2.75, 3.05) is 11.9 Å². The van der Waals surface area contributed by atoms with Gasteiger partial charge in [0.15, 0.2) is 5.78 Å². The summed E-state index contributed by atoms with van der Waals surface area (Å²) in [5.74, 6) is -2.07. The van der Waals surface area contributed by atoms with Crippen LogP contribution in [0.15, 0.2) is 65.8 Å². The van der Waals surface area contributed by atoms with Crippen molar-refractivity contribution in [3.63, 3.8) is 0 Å². The molecule has 0 atom stereocenters. The number of ketones is 1. The molecular formula is C34H35ClN4O6S2. The number of hydrogen-bond acceptors (Lipinski definition) is 7. The smallest absolute Gasteiger partial charge is 0.306 e. The lowest BCUT2D eigenvalue weighted by molar-refractivity contribution is -0.143. The van der Waals surface area contributed by atoms with Crippen molar-refractivity contribution in [3.8, 4) is 5.69 Å². The maximum Gasteiger partial charge on any atom is 0.306 e. The Balaban J connectivity index is 1.25. The molecule has 4 aromatic rings. The summed E-state index contributed by atoms with van der Waals surface area (Å²) in [6.07, 6.45) is 8.40. The minimum atomic E-state index is -3.96. The predicted octanol–water partition coefficient (Wildman–Crippen LogP) is 6.60. The van der Waals surface area contributed by atoms with Crippen LogP contribution < -0.4 is 5.32 Å². The maximum absolute atomic E-state index is 14.0. The van der Waals surface area contributed by atoms with Crippen LogP contribution in [0.5, 0.6) is 0 Å². The van der Waals surface area contributed by atoms with Gasteiger partial charge in [0.05, 0.1) is 33.8 Å². The summed E-state index contributed by atoms with van der Waals surface area (Å²) in [5.41, 5.74) is 2.67. The third kappa shape index (κ3) is 6.78. The van der Waals surface area contributed by atoms with E-state index in [0.29, 0.717) is 46.8 Å². The number of amides is 1. The van der Waals surface area contributed by atoms with E-state index in [1.165, 1.54) is 40.0 Å². The van der Waals surface area contributed by atoms with Gasteiger partial charge in [-0.3, -0.25) is 14.4 Å². The number of hydrogen-bond donors (Lipinski definition) is 2. The summed E-state index contributed by atoms with van der Waals surface area (Å²) in [7, 11) is -3.96. The Hall–Kier alpha value is -3.84. The number of aliphatic carboxylic acids is 1. The van der Waals surface area contributed by atoms with Gasteiger partial charge in [-0.15, -0.1) is 11.3 Å². The van der Waals surface area contributed by atoms with Crippen molar-refractivity contribution < 1.29 is 27.9 Å². The van der Waals surface area contributed by atoms with Gasteiger partial charge in [-0.1, -0.05) is 24.6 Å². The second kappa shape index (κ2) is 13.7. The molecule has 2 aromatic carbocycles. The first kappa shape index (κ1) is 33.1. The monoisotopic (exact) mass is 694 g/mol. The van der Waals surface area contributed by atoms with Crippen LogP contribution in [0.3, 0.4) is 0 Å². The molecule has 0 radical (unpaired) electrons. The largest absolute Gasteiger partial charge is 0.481 e. The maximum atomic E-state index is 14.0. The number of nitrogens with one attached hydrogen (secondary N) is 1. The van der Waals surface area contributed by atoms with E-state index in [2.05, 4.69) is 10.4 Å². The molecule has 2 heterocycles. The number of benzene rings is 2. The molecule has 2 N–H and O–H groups in total. The minimum Gasteiger partial charge on any atom is -0.481 e. The number of carbonyl (C=O) groups excluding carboxylic acids is 2. The highest BCUT2D eigenvalue weighted by Gasteiger charge is 2.35. The van der Waals surface area contributed by atoms with Gasteiger partial charge >= 0.3 is 5.97 Å². The van der Waals surface area contributed by atoms with Gasteiger partial charge in [0.1, 0.15) is 5.00 Å². The van der Waals surface area contributed by atoms with Crippen molar-refractivity contribution in [1.29, 1.82) is 0 Å². The number of carbonyl (C=O) groups is 3. The third-order valence-corrected chi connectivity index (χ3v) is 12.5. The van der Waals surface area contributed by atoms with Crippen LogP contribution in [-0.4, -0.2) is 57.9 Å². The molecule has 2 aliphatic rings. The normalized spacial score (nSPS) is 18.1. The number of rotatable bonds is 10. The molecular weight excluding hydrogens is 660 g/mol. The molecule has 0 saturated heterocycles. The molecule has 2 aromatic heterocycles. The van der Waals surface area contributed by atoms with Gasteiger partial charge in [-0.2, -0.15) is 9.40 Å². The zero-order valence-corrected chi connectivity index (χ0v) is 28.2. The van der Waals surface area contributed by atoms with Crippen molar-refractivity contribution in [3.05, 3.63) is 93.1 Å². The molecule has 47 heavy (non-hydrogen) atoms. The Morgan fingerprint density at radius 3 is 2.47 bits per heavy atom. The molecule has 6 rings (SSSR count). The second-order valence-electron chi connectivity index (χ2n) is 11.9. The second-order valence-corrected chi connectivity index (χ2v) is 15.4. The average molecular weight is 695 g/mol. The fourth-order valence-corrected chi connectivity index (χ4v) is 9.71. The number of fused-ring (bicyclic) bond motifs is 1. The number of carboxylic acids is 1. The van der Waals surface area contributed by atoms with E-state index in [1.54, 1.807) is 48.1 Å². The quantitative estimate of drug-likeness (QED) is 0.178. The highest BCUT2D eigenvalue weighted by atomic mass is 35.5. The van der Waals surface area contributed by atoms with Crippen LogP contribution >= 0.6 is 22.9 Å². The van der Waals surface area contributed by atoms with E-state index in [1.807, 2.05) is 0 Å². The zero-order valence-electron chi connectivity index (χ0n) is 25.8. The SMILES string of the molecule is CCN(C1CCC(C(=O)O)CC1)S(=O)(=O)c1cccc(C(=O)Nc2sc3c(c2C(=O)c2cnn(-c4ccc(Cl)cc4)c2)CCCC3)c1. The Labute approximate surface area is 282 Å². The van der Waals surface area contributed by atoms with Crippen LogP contribution in [0.4, 0.5) is 5.00 Å². The Morgan fingerprint density at radius 1 is 1.04 bits per heavy atom. The average Bonchev–Trinajstić information content (AvgIpc) is 3.71. The van der Waals surface area contributed by atoms with Crippen molar-refractivity contribution in [2.45, 2.75) is 69.2 Å². The van der Waals surface area contributed by atoms with Crippen LogP contribution in [0, 0.1) is 5.92 Å². The first-order valence-corrected chi connectivity index (χ1v) is 18.4. The Bertz CT molecular complexity index is 1930. The molecule has 1 saturated carbocycles. The van der Waals surface area contributed by atoms with Crippen molar-refractivity contribution >= 4 is 55.6 Å². The van der Waals surface area contributed by atoms with Crippen LogP contribution in [0.2, 0.25) is 5.02 Å². The first-order valence-electron chi connectivity index (χ1n) is 15.7. The summed E-state index contributed by atoms with van der Waals surface area (Å²) < 4.78 is 30.6. The van der Waals surface area contributed by atoms with Crippen LogP contribution in [-0.2, 0) is 27.7 Å². The molecule has 13 heteroatoms. The van der Waals surface area contributed by atoms with Gasteiger partial charge in [-0.25, -0.2) is 13.1 Å². The molecule has 0 unspecified atom stereocenters. The molecule has 10 nitrogen and oxygen atoms in total. The number of carboxylic acid groups (broad SMARTS) is 1. The first-order chi connectivity index (χ1) is 22.6. The highest BCUT2D eigenvalue weighted by molar-refractivity contribution is 7.89. The number of sulfonamides is 1. The number of anilines is 1. The molecule has 1 amide bonds.